The average molecular weight is 360 g/mol. The molecule has 21 heavy (non-hydrogen) atoms. The maximum Gasteiger partial charge on any atom is 0.308 e. The van der Waals surface area contributed by atoms with E-state index in [0.717, 1.165) is 0 Å². The number of carbonyl (C=O) groups is 2. The van der Waals surface area contributed by atoms with Crippen molar-refractivity contribution in [1.82, 2.24) is 4.90 Å². The minimum Gasteiger partial charge on any atom is -0.469 e. The van der Waals surface area contributed by atoms with Gasteiger partial charge in [0.2, 0.25) is 0 Å². The zero-order valence-corrected chi connectivity index (χ0v) is 13.1. The number of morpholine rings is 1. The molecule has 1 amide bonds. The van der Waals surface area contributed by atoms with Gasteiger partial charge in [-0.25, -0.2) is 4.39 Å². The van der Waals surface area contributed by atoms with Crippen LogP contribution in [-0.4, -0.2) is 49.7 Å². The summed E-state index contributed by atoms with van der Waals surface area (Å²) in [6.07, 6.45) is -0.355. The minimum absolute atomic E-state index is 0.00286. The zero-order valence-electron chi connectivity index (χ0n) is 11.5. The Kier molecular flexibility index (Phi) is 5.30. The summed E-state index contributed by atoms with van der Waals surface area (Å²) in [4.78, 5) is 25.1. The van der Waals surface area contributed by atoms with Gasteiger partial charge in [-0.15, -0.1) is 0 Å². The van der Waals surface area contributed by atoms with E-state index in [1.165, 1.54) is 24.1 Å². The smallest absolute Gasteiger partial charge is 0.308 e. The first-order valence-corrected chi connectivity index (χ1v) is 7.24. The van der Waals surface area contributed by atoms with Crippen molar-refractivity contribution in [3.05, 3.63) is 34.1 Å². The van der Waals surface area contributed by atoms with E-state index in [-0.39, 0.29) is 23.0 Å². The fraction of sp³-hybridized carbons (Fsp3) is 0.429. The molecule has 114 valence electrons. The molecule has 1 heterocycles. The Morgan fingerprint density at radius 2 is 2.29 bits per heavy atom. The summed E-state index contributed by atoms with van der Waals surface area (Å²) in [6.45, 7) is 0.908. The van der Waals surface area contributed by atoms with E-state index in [0.29, 0.717) is 13.2 Å². The lowest BCUT2D eigenvalue weighted by atomic mass is 10.1. The van der Waals surface area contributed by atoms with E-state index in [1.807, 2.05) is 0 Å². The van der Waals surface area contributed by atoms with E-state index in [2.05, 4.69) is 20.7 Å². The molecule has 0 aliphatic carbocycles. The summed E-state index contributed by atoms with van der Waals surface area (Å²) < 4.78 is 24.2. The minimum atomic E-state index is -0.585. The van der Waals surface area contributed by atoms with Gasteiger partial charge in [0, 0.05) is 13.1 Å². The molecule has 0 radical (unpaired) electrons. The Balaban J connectivity index is 2.08. The summed E-state index contributed by atoms with van der Waals surface area (Å²) in [5.41, 5.74) is 0.00286. The second kappa shape index (κ2) is 7.00. The summed E-state index contributed by atoms with van der Waals surface area (Å²) in [6, 6.07) is 4.57. The average Bonchev–Trinajstić information content (AvgIpc) is 2.49. The molecule has 0 aromatic heterocycles. The maximum absolute atomic E-state index is 14.0. The molecule has 1 aliphatic heterocycles. The Hall–Kier alpha value is -1.47. The monoisotopic (exact) mass is 359 g/mol. The Bertz CT molecular complexity index is 552. The van der Waals surface area contributed by atoms with Crippen LogP contribution in [0.2, 0.25) is 0 Å². The van der Waals surface area contributed by atoms with Gasteiger partial charge in [-0.05, 0) is 28.1 Å². The van der Waals surface area contributed by atoms with E-state index >= 15 is 0 Å². The highest BCUT2D eigenvalue weighted by Crippen LogP contribution is 2.21. The number of hydrogen-bond acceptors (Lipinski definition) is 4. The lowest BCUT2D eigenvalue weighted by Crippen LogP contribution is -2.46. The molecule has 1 saturated heterocycles. The van der Waals surface area contributed by atoms with Gasteiger partial charge in [-0.2, -0.15) is 0 Å². The number of halogens is 2. The number of carbonyl (C=O) groups excluding carboxylic acids is 2. The Morgan fingerprint density at radius 3 is 3.00 bits per heavy atom. The van der Waals surface area contributed by atoms with Crippen LogP contribution in [0.15, 0.2) is 22.7 Å². The predicted molar refractivity (Wildman–Crippen MR) is 76.4 cm³/mol. The molecule has 0 spiro atoms. The van der Waals surface area contributed by atoms with E-state index in [9.17, 15) is 14.0 Å². The quantitative estimate of drug-likeness (QED) is 0.774. The molecular weight excluding hydrogens is 345 g/mol. The number of benzene rings is 1. The number of methoxy groups -OCH3 is 1. The van der Waals surface area contributed by atoms with Crippen LogP contribution in [0, 0.1) is 5.82 Å². The third-order valence-electron chi connectivity index (χ3n) is 3.23. The molecule has 1 fully saturated rings. The van der Waals surface area contributed by atoms with E-state index in [1.54, 1.807) is 6.07 Å². The van der Waals surface area contributed by atoms with Gasteiger partial charge < -0.3 is 14.4 Å². The van der Waals surface area contributed by atoms with Crippen molar-refractivity contribution in [3.8, 4) is 0 Å². The second-order valence-electron chi connectivity index (χ2n) is 4.63. The molecule has 1 aliphatic rings. The van der Waals surface area contributed by atoms with Crippen molar-refractivity contribution in [3.63, 3.8) is 0 Å². The molecule has 7 heteroatoms. The van der Waals surface area contributed by atoms with Gasteiger partial charge in [0.1, 0.15) is 5.82 Å². The van der Waals surface area contributed by atoms with Crippen LogP contribution in [0.5, 0.6) is 0 Å². The van der Waals surface area contributed by atoms with Crippen LogP contribution in [0.3, 0.4) is 0 Å². The summed E-state index contributed by atoms with van der Waals surface area (Å²) in [7, 11) is 1.30. The topological polar surface area (TPSA) is 55.8 Å². The van der Waals surface area contributed by atoms with Gasteiger partial charge in [-0.3, -0.25) is 9.59 Å². The van der Waals surface area contributed by atoms with Gasteiger partial charge in [0.15, 0.2) is 0 Å². The fourth-order valence-electron chi connectivity index (χ4n) is 2.14. The van der Waals surface area contributed by atoms with Crippen molar-refractivity contribution in [1.29, 1.82) is 0 Å². The number of nitrogens with zero attached hydrogens (tertiary/aromatic N) is 1. The van der Waals surface area contributed by atoms with Gasteiger partial charge in [0.05, 0.1) is 36.3 Å². The maximum atomic E-state index is 14.0. The number of rotatable bonds is 3. The first-order chi connectivity index (χ1) is 10.0. The summed E-state index contributed by atoms with van der Waals surface area (Å²) in [5.74, 6) is -1.39. The first kappa shape index (κ1) is 15.9. The molecule has 1 unspecified atom stereocenters. The van der Waals surface area contributed by atoms with E-state index in [4.69, 9.17) is 4.74 Å². The van der Waals surface area contributed by atoms with E-state index < -0.39 is 23.8 Å². The summed E-state index contributed by atoms with van der Waals surface area (Å²) >= 11 is 3.06. The van der Waals surface area contributed by atoms with Gasteiger partial charge >= 0.3 is 5.97 Å². The lowest BCUT2D eigenvalue weighted by molar-refractivity contribution is -0.145. The number of amides is 1. The highest BCUT2D eigenvalue weighted by molar-refractivity contribution is 9.10. The second-order valence-corrected chi connectivity index (χ2v) is 5.48. The molecule has 1 aromatic rings. The first-order valence-electron chi connectivity index (χ1n) is 6.44. The molecule has 0 bridgehead atoms. The van der Waals surface area contributed by atoms with Crippen molar-refractivity contribution in [2.75, 3.05) is 26.8 Å². The van der Waals surface area contributed by atoms with Crippen molar-refractivity contribution in [2.24, 2.45) is 0 Å². The van der Waals surface area contributed by atoms with Crippen LogP contribution >= 0.6 is 15.9 Å². The largest absolute Gasteiger partial charge is 0.469 e. The molecule has 0 saturated carbocycles. The zero-order chi connectivity index (χ0) is 15.4. The number of ether oxygens (including phenoxy) is 2. The van der Waals surface area contributed by atoms with Crippen molar-refractivity contribution >= 4 is 27.8 Å². The molecular formula is C14H15BrFNO4. The Labute approximate surface area is 130 Å². The van der Waals surface area contributed by atoms with Crippen LogP contribution in [0.1, 0.15) is 16.8 Å². The van der Waals surface area contributed by atoms with Crippen LogP contribution in [0.25, 0.3) is 0 Å². The Morgan fingerprint density at radius 1 is 1.52 bits per heavy atom. The van der Waals surface area contributed by atoms with Gasteiger partial charge in [0.25, 0.3) is 5.91 Å². The predicted octanol–water partition coefficient (Wildman–Crippen LogP) is 1.99. The molecule has 5 nitrogen and oxygen atoms in total. The molecule has 1 aromatic carbocycles. The lowest BCUT2D eigenvalue weighted by Gasteiger charge is -2.32. The van der Waals surface area contributed by atoms with Crippen molar-refractivity contribution < 1.29 is 23.5 Å². The third kappa shape index (κ3) is 3.79. The number of hydrogen-bond donors (Lipinski definition) is 0. The molecule has 2 rings (SSSR count). The molecule has 0 N–H and O–H groups in total. The highest BCUT2D eigenvalue weighted by atomic mass is 79.9. The van der Waals surface area contributed by atoms with Crippen molar-refractivity contribution in [2.45, 2.75) is 12.5 Å². The highest BCUT2D eigenvalue weighted by Gasteiger charge is 2.28. The number of esters is 1. The summed E-state index contributed by atoms with van der Waals surface area (Å²) in [5, 5.41) is 0. The third-order valence-corrected chi connectivity index (χ3v) is 3.84. The van der Waals surface area contributed by atoms with Crippen LogP contribution in [-0.2, 0) is 14.3 Å². The van der Waals surface area contributed by atoms with Gasteiger partial charge in [-0.1, -0.05) is 6.07 Å². The standard InChI is InChI=1S/C14H15BrFNO4/c1-20-12(18)7-9-8-17(5-6-21-9)14(19)10-3-2-4-11(15)13(10)16/h2-4,9H,5-8H2,1H3. The fourth-order valence-corrected chi connectivity index (χ4v) is 2.50. The van der Waals surface area contributed by atoms with Crippen LogP contribution in [0.4, 0.5) is 4.39 Å². The normalized spacial score (nSPS) is 18.4. The SMILES string of the molecule is COC(=O)CC1CN(C(=O)c2cccc(Br)c2F)CCO1. The van der Waals surface area contributed by atoms with Crippen LogP contribution < -0.4 is 0 Å². The molecule has 1 atom stereocenters.